The minimum Gasteiger partial charge on any atom is -0.489 e. The summed E-state index contributed by atoms with van der Waals surface area (Å²) in [6.07, 6.45) is -4.74. The number of aromatic nitrogens is 1. The number of para-hydroxylation sites is 1. The number of hydrogen-bond donors (Lipinski definition) is 1. The van der Waals surface area contributed by atoms with Crippen LogP contribution in [0.15, 0.2) is 71.6 Å². The fourth-order valence-electron chi connectivity index (χ4n) is 3.37. The van der Waals surface area contributed by atoms with Crippen LogP contribution in [0.2, 0.25) is 0 Å². The first kappa shape index (κ1) is 25.0. The highest BCUT2D eigenvalue weighted by Crippen LogP contribution is 2.43. The summed E-state index contributed by atoms with van der Waals surface area (Å²) in [5.74, 6) is -0.543. The molecule has 0 spiro atoms. The Hall–Kier alpha value is -4.06. The van der Waals surface area contributed by atoms with Crippen molar-refractivity contribution in [2.75, 3.05) is 18.9 Å². The van der Waals surface area contributed by atoms with Crippen LogP contribution in [0.4, 0.5) is 23.2 Å². The minimum atomic E-state index is -4.74. The summed E-state index contributed by atoms with van der Waals surface area (Å²) >= 11 is 0. The second kappa shape index (κ2) is 9.53. The van der Waals surface area contributed by atoms with E-state index in [1.165, 1.54) is 20.3 Å². The number of ether oxygens (including phenoxy) is 3. The van der Waals surface area contributed by atoms with Crippen LogP contribution < -0.4 is 18.9 Å². The molecule has 0 amide bonds. The predicted octanol–water partition coefficient (Wildman–Crippen LogP) is 6.00. The lowest BCUT2D eigenvalue weighted by Crippen LogP contribution is -2.15. The third-order valence-corrected chi connectivity index (χ3v) is 6.41. The van der Waals surface area contributed by atoms with Gasteiger partial charge in [0.1, 0.15) is 5.75 Å². The van der Waals surface area contributed by atoms with Crippen molar-refractivity contribution in [2.45, 2.75) is 11.1 Å². The molecule has 0 fully saturated rings. The zero-order chi connectivity index (χ0) is 26.1. The van der Waals surface area contributed by atoms with Gasteiger partial charge in [-0.15, -0.1) is 0 Å². The average Bonchev–Trinajstić information content (AvgIpc) is 2.85. The van der Waals surface area contributed by atoms with E-state index in [-0.39, 0.29) is 23.1 Å². The van der Waals surface area contributed by atoms with Crippen molar-refractivity contribution < 1.29 is 40.2 Å². The van der Waals surface area contributed by atoms with Gasteiger partial charge in [-0.05, 0) is 42.5 Å². The van der Waals surface area contributed by atoms with Gasteiger partial charge in [0.25, 0.3) is 15.9 Å². The second-order valence-corrected chi connectivity index (χ2v) is 9.06. The third-order valence-electron chi connectivity index (χ3n) is 5.05. The number of sulfonamides is 1. The Balaban J connectivity index is 1.66. The maximum Gasteiger partial charge on any atom is 0.416 e. The number of benzene rings is 3. The van der Waals surface area contributed by atoms with Crippen LogP contribution in [0.1, 0.15) is 5.56 Å². The van der Waals surface area contributed by atoms with Crippen molar-refractivity contribution in [3.8, 4) is 23.1 Å². The molecule has 0 saturated carbocycles. The summed E-state index contributed by atoms with van der Waals surface area (Å²) in [6.45, 7) is 0. The van der Waals surface area contributed by atoms with Crippen LogP contribution in [0.25, 0.3) is 10.9 Å². The molecule has 188 valence electrons. The number of rotatable bonds is 7. The van der Waals surface area contributed by atoms with Crippen LogP contribution in [-0.4, -0.2) is 27.6 Å². The SMILES string of the molecule is COc1nc2ccccc2c(Oc2ccc(NS(=O)(=O)c3cccc(C(F)(F)F)c3)c(F)c2)c1OC. The van der Waals surface area contributed by atoms with E-state index in [0.717, 1.165) is 30.3 Å². The van der Waals surface area contributed by atoms with Crippen LogP contribution >= 0.6 is 0 Å². The number of fused-ring (bicyclic) bond motifs is 1. The summed E-state index contributed by atoms with van der Waals surface area (Å²) in [7, 11) is -1.73. The molecular weight excluding hydrogens is 504 g/mol. The van der Waals surface area contributed by atoms with Gasteiger partial charge in [0, 0.05) is 11.5 Å². The zero-order valence-electron chi connectivity index (χ0n) is 18.8. The molecule has 0 unspecified atom stereocenters. The van der Waals surface area contributed by atoms with Crippen molar-refractivity contribution in [3.05, 3.63) is 78.1 Å². The van der Waals surface area contributed by atoms with Crippen molar-refractivity contribution in [1.29, 1.82) is 0 Å². The second-order valence-electron chi connectivity index (χ2n) is 7.38. The maximum atomic E-state index is 14.9. The van der Waals surface area contributed by atoms with Gasteiger partial charge in [-0.1, -0.05) is 18.2 Å². The lowest BCUT2D eigenvalue weighted by Gasteiger charge is -2.16. The van der Waals surface area contributed by atoms with E-state index in [2.05, 4.69) is 4.98 Å². The van der Waals surface area contributed by atoms with Crippen molar-refractivity contribution in [2.24, 2.45) is 0 Å². The standard InChI is InChI=1S/C24H18F4N2O5S/c1-33-22-21(17-8-3-4-9-19(17)29-23(22)34-2)35-15-10-11-20(18(25)13-15)30-36(31,32)16-7-5-6-14(12-16)24(26,27)28/h3-13,30H,1-2H3. The first-order valence-electron chi connectivity index (χ1n) is 10.2. The molecule has 3 aromatic carbocycles. The van der Waals surface area contributed by atoms with Crippen molar-refractivity contribution in [1.82, 2.24) is 4.98 Å². The fourth-order valence-corrected chi connectivity index (χ4v) is 4.48. The largest absolute Gasteiger partial charge is 0.489 e. The van der Waals surface area contributed by atoms with Gasteiger partial charge in [0.2, 0.25) is 5.75 Å². The van der Waals surface area contributed by atoms with Crippen LogP contribution in [0.5, 0.6) is 23.1 Å². The van der Waals surface area contributed by atoms with Crippen molar-refractivity contribution in [3.63, 3.8) is 0 Å². The smallest absolute Gasteiger partial charge is 0.416 e. The molecule has 7 nitrogen and oxygen atoms in total. The third kappa shape index (κ3) is 4.98. The number of anilines is 1. The summed E-state index contributed by atoms with van der Waals surface area (Å²) < 4.78 is 97.4. The number of nitrogens with zero attached hydrogens (tertiary/aromatic N) is 1. The number of alkyl halides is 3. The van der Waals surface area contributed by atoms with Crippen LogP contribution in [0, 0.1) is 5.82 Å². The normalized spacial score (nSPS) is 11.8. The van der Waals surface area contributed by atoms with E-state index in [1.807, 2.05) is 4.72 Å². The minimum absolute atomic E-state index is 0.00813. The molecule has 0 aliphatic heterocycles. The summed E-state index contributed by atoms with van der Waals surface area (Å²) in [6, 6.07) is 13.4. The molecule has 0 bridgehead atoms. The average molecular weight is 522 g/mol. The molecule has 36 heavy (non-hydrogen) atoms. The lowest BCUT2D eigenvalue weighted by atomic mass is 10.2. The van der Waals surface area contributed by atoms with Gasteiger partial charge in [-0.2, -0.15) is 13.2 Å². The molecule has 1 aromatic heterocycles. The highest BCUT2D eigenvalue weighted by molar-refractivity contribution is 7.92. The quantitative estimate of drug-likeness (QED) is 0.300. The van der Waals surface area contributed by atoms with E-state index in [4.69, 9.17) is 14.2 Å². The molecule has 0 aliphatic rings. The van der Waals surface area contributed by atoms with Gasteiger partial charge < -0.3 is 14.2 Å². The van der Waals surface area contributed by atoms with Gasteiger partial charge in [0.05, 0.1) is 35.9 Å². The number of halogens is 4. The molecule has 1 heterocycles. The van der Waals surface area contributed by atoms with Gasteiger partial charge in [0.15, 0.2) is 11.6 Å². The van der Waals surface area contributed by atoms with Crippen LogP contribution in [-0.2, 0) is 16.2 Å². The number of nitrogens with one attached hydrogen (secondary N) is 1. The first-order valence-corrected chi connectivity index (χ1v) is 11.7. The molecule has 0 aliphatic carbocycles. The fraction of sp³-hybridized carbons (Fsp3) is 0.125. The Morgan fingerprint density at radius 2 is 1.64 bits per heavy atom. The molecule has 4 aromatic rings. The zero-order valence-corrected chi connectivity index (χ0v) is 19.6. The first-order chi connectivity index (χ1) is 17.0. The Kier molecular flexibility index (Phi) is 6.63. The molecule has 0 saturated heterocycles. The summed E-state index contributed by atoms with van der Waals surface area (Å²) in [4.78, 5) is 3.67. The Bertz CT molecular complexity index is 1540. The maximum absolute atomic E-state index is 14.9. The van der Waals surface area contributed by atoms with Gasteiger partial charge in [-0.3, -0.25) is 4.72 Å². The van der Waals surface area contributed by atoms with E-state index >= 15 is 0 Å². The Morgan fingerprint density at radius 3 is 2.31 bits per heavy atom. The Labute approximate surface area is 203 Å². The lowest BCUT2D eigenvalue weighted by molar-refractivity contribution is -0.137. The Morgan fingerprint density at radius 1 is 0.889 bits per heavy atom. The summed E-state index contributed by atoms with van der Waals surface area (Å²) in [5, 5.41) is 0.546. The molecule has 1 N–H and O–H groups in total. The monoisotopic (exact) mass is 522 g/mol. The van der Waals surface area contributed by atoms with E-state index in [0.29, 0.717) is 17.0 Å². The highest BCUT2D eigenvalue weighted by Gasteiger charge is 2.32. The van der Waals surface area contributed by atoms with E-state index in [9.17, 15) is 26.0 Å². The molecule has 0 radical (unpaired) electrons. The van der Waals surface area contributed by atoms with Gasteiger partial charge in [-0.25, -0.2) is 17.8 Å². The summed E-state index contributed by atoms with van der Waals surface area (Å²) in [5.41, 5.74) is -1.11. The van der Waals surface area contributed by atoms with Gasteiger partial charge >= 0.3 is 6.18 Å². The predicted molar refractivity (Wildman–Crippen MR) is 124 cm³/mol. The number of hydrogen-bond acceptors (Lipinski definition) is 6. The molecule has 12 heteroatoms. The molecule has 0 atom stereocenters. The van der Waals surface area contributed by atoms with Crippen LogP contribution in [0.3, 0.4) is 0 Å². The van der Waals surface area contributed by atoms with E-state index in [1.54, 1.807) is 24.3 Å². The van der Waals surface area contributed by atoms with E-state index < -0.39 is 38.2 Å². The highest BCUT2D eigenvalue weighted by atomic mass is 32.2. The number of pyridine rings is 1. The topological polar surface area (TPSA) is 86.8 Å². The number of methoxy groups -OCH3 is 2. The van der Waals surface area contributed by atoms with Crippen molar-refractivity contribution >= 4 is 26.6 Å². The molecule has 4 rings (SSSR count). The molecular formula is C24H18F4N2O5S.